The van der Waals surface area contributed by atoms with E-state index in [1.165, 1.54) is 0 Å². The molecule has 100 valence electrons. The van der Waals surface area contributed by atoms with Crippen molar-refractivity contribution in [2.24, 2.45) is 0 Å². The summed E-state index contributed by atoms with van der Waals surface area (Å²) < 4.78 is 0. The van der Waals surface area contributed by atoms with Gasteiger partial charge in [0.05, 0.1) is 0 Å². The minimum atomic E-state index is -0.0105. The number of ketones is 1. The molecular weight excluding hydrogens is 246 g/mol. The monoisotopic (exact) mass is 263 g/mol. The lowest BCUT2D eigenvalue weighted by Gasteiger charge is -2.33. The van der Waals surface area contributed by atoms with Crippen molar-refractivity contribution >= 4 is 11.9 Å². The smallest absolute Gasteiger partial charge is 0.189 e. The molecule has 2 nitrogen and oxygen atoms in total. The van der Waals surface area contributed by atoms with Crippen LogP contribution < -0.4 is 0 Å². The van der Waals surface area contributed by atoms with Crippen LogP contribution in [0.4, 0.5) is 0 Å². The van der Waals surface area contributed by atoms with Crippen LogP contribution in [0.1, 0.15) is 41.8 Å². The highest BCUT2D eigenvalue weighted by atomic mass is 16.1. The summed E-state index contributed by atoms with van der Waals surface area (Å²) in [5.74, 6) is 0.150. The fourth-order valence-electron chi connectivity index (χ4n) is 2.87. The van der Waals surface area contributed by atoms with Crippen LogP contribution >= 0.6 is 0 Å². The van der Waals surface area contributed by atoms with Gasteiger partial charge in [-0.15, -0.1) is 0 Å². The van der Waals surface area contributed by atoms with E-state index in [2.05, 4.69) is 24.9 Å². The van der Waals surface area contributed by atoms with E-state index in [0.717, 1.165) is 28.7 Å². The third-order valence-corrected chi connectivity index (χ3v) is 3.87. The maximum atomic E-state index is 12.6. The molecule has 0 aliphatic heterocycles. The predicted molar refractivity (Wildman–Crippen MR) is 80.6 cm³/mol. The van der Waals surface area contributed by atoms with Crippen molar-refractivity contribution in [1.82, 2.24) is 4.98 Å². The number of rotatable bonds is 1. The fourth-order valence-corrected chi connectivity index (χ4v) is 2.87. The van der Waals surface area contributed by atoms with Crippen molar-refractivity contribution in [3.63, 3.8) is 0 Å². The maximum absolute atomic E-state index is 12.6. The molecule has 0 N–H and O–H groups in total. The van der Waals surface area contributed by atoms with Gasteiger partial charge < -0.3 is 0 Å². The van der Waals surface area contributed by atoms with E-state index in [-0.39, 0.29) is 11.2 Å². The summed E-state index contributed by atoms with van der Waals surface area (Å²) in [5.41, 5.74) is 3.88. The van der Waals surface area contributed by atoms with Crippen LogP contribution in [0.15, 0.2) is 54.4 Å². The molecule has 0 fully saturated rings. The number of fused-ring (bicyclic) bond motifs is 1. The molecule has 2 heteroatoms. The lowest BCUT2D eigenvalue weighted by Crippen LogP contribution is -2.29. The average Bonchev–Trinajstić information content (AvgIpc) is 2.46. The lowest BCUT2D eigenvalue weighted by molar-refractivity contribution is 0.101. The number of aromatic nitrogens is 1. The third kappa shape index (κ3) is 2.18. The Bertz CT molecular complexity index is 684. The van der Waals surface area contributed by atoms with Gasteiger partial charge in [0.1, 0.15) is 0 Å². The minimum Gasteiger partial charge on any atom is -0.289 e. The van der Waals surface area contributed by atoms with E-state index in [9.17, 15) is 4.79 Å². The predicted octanol–water partition coefficient (Wildman–Crippen LogP) is 4.03. The van der Waals surface area contributed by atoms with Crippen molar-refractivity contribution in [3.8, 4) is 0 Å². The first-order valence-electron chi connectivity index (χ1n) is 6.83. The molecule has 1 aromatic heterocycles. The van der Waals surface area contributed by atoms with Gasteiger partial charge in [-0.2, -0.15) is 0 Å². The zero-order valence-corrected chi connectivity index (χ0v) is 11.8. The third-order valence-electron chi connectivity index (χ3n) is 3.87. The molecule has 0 spiro atoms. The van der Waals surface area contributed by atoms with E-state index in [1.807, 2.05) is 36.4 Å². The van der Waals surface area contributed by atoms with Gasteiger partial charge in [0.2, 0.25) is 0 Å². The van der Waals surface area contributed by atoms with Gasteiger partial charge in [-0.1, -0.05) is 38.1 Å². The largest absolute Gasteiger partial charge is 0.289 e. The fraction of sp³-hybridized carbons (Fsp3) is 0.222. The van der Waals surface area contributed by atoms with Crippen LogP contribution in [0.2, 0.25) is 0 Å². The molecular formula is C18H17NO. The van der Waals surface area contributed by atoms with E-state index in [4.69, 9.17) is 0 Å². The summed E-state index contributed by atoms with van der Waals surface area (Å²) in [6.45, 7) is 4.39. The Morgan fingerprint density at radius 1 is 1.10 bits per heavy atom. The molecule has 20 heavy (non-hydrogen) atoms. The topological polar surface area (TPSA) is 30.0 Å². The second-order valence-corrected chi connectivity index (χ2v) is 5.89. The van der Waals surface area contributed by atoms with Gasteiger partial charge in [0.25, 0.3) is 0 Å². The summed E-state index contributed by atoms with van der Waals surface area (Å²) >= 11 is 0. The molecule has 1 heterocycles. The van der Waals surface area contributed by atoms with Crippen LogP contribution in [0, 0.1) is 0 Å². The van der Waals surface area contributed by atoms with E-state index in [0.29, 0.717) is 0 Å². The minimum absolute atomic E-state index is 0.0105. The second kappa shape index (κ2) is 4.71. The van der Waals surface area contributed by atoms with Gasteiger partial charge in [-0.25, -0.2) is 0 Å². The van der Waals surface area contributed by atoms with Crippen molar-refractivity contribution in [2.75, 3.05) is 0 Å². The molecule has 2 aromatic rings. The Labute approximate surface area is 119 Å². The van der Waals surface area contributed by atoms with Crippen LogP contribution in [-0.2, 0) is 5.41 Å². The zero-order valence-electron chi connectivity index (χ0n) is 11.8. The first-order chi connectivity index (χ1) is 9.58. The standard InChI is InChI=1S/C18H17NO/c1-18(2)12-14(11-13-7-9-19-10-8-13)17(20)15-5-3-4-6-16(15)18/h3-11H,12H2,1-2H3/b14-11-. The number of Topliss-reactive ketones (excluding diaryl/α,β-unsaturated/α-hetero) is 1. The highest BCUT2D eigenvalue weighted by molar-refractivity contribution is 6.13. The van der Waals surface area contributed by atoms with Crippen LogP contribution in [0.3, 0.4) is 0 Å². The number of nitrogens with zero attached hydrogens (tertiary/aromatic N) is 1. The Morgan fingerprint density at radius 3 is 2.55 bits per heavy atom. The number of pyridine rings is 1. The average molecular weight is 263 g/mol. The van der Waals surface area contributed by atoms with Gasteiger partial charge in [-0.3, -0.25) is 9.78 Å². The summed E-state index contributed by atoms with van der Waals surface area (Å²) in [7, 11) is 0. The summed E-state index contributed by atoms with van der Waals surface area (Å²) in [6.07, 6.45) is 6.25. The van der Waals surface area contributed by atoms with Gasteiger partial charge in [0.15, 0.2) is 5.78 Å². The summed E-state index contributed by atoms with van der Waals surface area (Å²) in [4.78, 5) is 16.6. The number of carbonyl (C=O) groups is 1. The van der Waals surface area contributed by atoms with Crippen molar-refractivity contribution < 1.29 is 4.79 Å². The molecule has 0 bridgehead atoms. The molecule has 1 aliphatic rings. The molecule has 0 amide bonds. The number of hydrogen-bond donors (Lipinski definition) is 0. The molecule has 0 saturated carbocycles. The highest BCUT2D eigenvalue weighted by Crippen LogP contribution is 2.39. The SMILES string of the molecule is CC1(C)C/C(=C/c2ccncc2)C(=O)c2ccccc21. The van der Waals surface area contributed by atoms with Gasteiger partial charge in [-0.05, 0) is 41.2 Å². The Kier molecular flexibility index (Phi) is 3.01. The molecule has 1 aliphatic carbocycles. The number of carbonyl (C=O) groups excluding carboxylic acids is 1. The van der Waals surface area contributed by atoms with Crippen molar-refractivity contribution in [3.05, 3.63) is 71.1 Å². The van der Waals surface area contributed by atoms with Gasteiger partial charge in [0, 0.05) is 23.5 Å². The lowest BCUT2D eigenvalue weighted by atomic mass is 9.70. The first kappa shape index (κ1) is 12.8. The molecule has 0 atom stereocenters. The Morgan fingerprint density at radius 2 is 1.80 bits per heavy atom. The Hall–Kier alpha value is -2.22. The number of allylic oxidation sites excluding steroid dienone is 1. The van der Waals surface area contributed by atoms with Crippen molar-refractivity contribution in [1.29, 1.82) is 0 Å². The maximum Gasteiger partial charge on any atom is 0.189 e. The van der Waals surface area contributed by atoms with Crippen molar-refractivity contribution in [2.45, 2.75) is 25.7 Å². The molecule has 0 radical (unpaired) electrons. The van der Waals surface area contributed by atoms with Crippen LogP contribution in [0.5, 0.6) is 0 Å². The highest BCUT2D eigenvalue weighted by Gasteiger charge is 2.34. The first-order valence-corrected chi connectivity index (χ1v) is 6.83. The zero-order chi connectivity index (χ0) is 14.2. The number of benzene rings is 1. The summed E-state index contributed by atoms with van der Waals surface area (Å²) in [6, 6.07) is 11.8. The number of hydrogen-bond acceptors (Lipinski definition) is 2. The molecule has 1 aromatic carbocycles. The summed E-state index contributed by atoms with van der Waals surface area (Å²) in [5, 5.41) is 0. The molecule has 3 rings (SSSR count). The quantitative estimate of drug-likeness (QED) is 0.727. The second-order valence-electron chi connectivity index (χ2n) is 5.89. The van der Waals surface area contributed by atoms with Gasteiger partial charge >= 0.3 is 0 Å². The normalized spacial score (nSPS) is 18.9. The van der Waals surface area contributed by atoms with E-state index in [1.54, 1.807) is 12.4 Å². The Balaban J connectivity index is 2.09. The molecule has 0 unspecified atom stereocenters. The van der Waals surface area contributed by atoms with Crippen LogP contribution in [0.25, 0.3) is 6.08 Å². The molecule has 0 saturated heterocycles. The van der Waals surface area contributed by atoms with E-state index >= 15 is 0 Å². The van der Waals surface area contributed by atoms with E-state index < -0.39 is 0 Å². The van der Waals surface area contributed by atoms with Crippen LogP contribution in [-0.4, -0.2) is 10.8 Å².